The Kier molecular flexibility index (Phi) is 2.01. The summed E-state index contributed by atoms with van der Waals surface area (Å²) in [6.07, 6.45) is 5.18. The van der Waals surface area contributed by atoms with Crippen LogP contribution in [0.5, 0.6) is 0 Å². The molecule has 0 spiro atoms. The quantitative estimate of drug-likeness (QED) is 0.576. The summed E-state index contributed by atoms with van der Waals surface area (Å²) in [5, 5.41) is 8.45. The zero-order valence-electron chi connectivity index (χ0n) is 5.76. The van der Waals surface area contributed by atoms with Gasteiger partial charge in [-0.25, -0.2) is 0 Å². The van der Waals surface area contributed by atoms with Crippen molar-refractivity contribution in [2.24, 2.45) is 0 Å². The van der Waals surface area contributed by atoms with Crippen molar-refractivity contribution in [3.05, 3.63) is 29.6 Å². The summed E-state index contributed by atoms with van der Waals surface area (Å²) in [5.41, 5.74) is 1.59. The first-order valence-electron chi connectivity index (χ1n) is 3.13. The summed E-state index contributed by atoms with van der Waals surface area (Å²) in [7, 11) is 0. The molecule has 0 aliphatic heterocycles. The van der Waals surface area contributed by atoms with Crippen LogP contribution in [0.2, 0.25) is 0 Å². The van der Waals surface area contributed by atoms with Gasteiger partial charge in [0.2, 0.25) is 0 Å². The van der Waals surface area contributed by atoms with Crippen molar-refractivity contribution in [2.75, 3.05) is 0 Å². The van der Waals surface area contributed by atoms with E-state index in [-0.39, 0.29) is 0 Å². The van der Waals surface area contributed by atoms with Crippen LogP contribution in [0.3, 0.4) is 0 Å². The molecule has 0 atom stereocenters. The van der Waals surface area contributed by atoms with Crippen LogP contribution >= 0.6 is 0 Å². The highest BCUT2D eigenvalue weighted by Crippen LogP contribution is 2.00. The molecule has 1 heterocycles. The number of aryl methyl sites for hydroxylation is 1. The highest BCUT2D eigenvalue weighted by molar-refractivity contribution is 5.28. The summed E-state index contributed by atoms with van der Waals surface area (Å²) in [5.74, 6) is 0. The first-order valence-corrected chi connectivity index (χ1v) is 3.13. The van der Waals surface area contributed by atoms with Crippen LogP contribution in [0, 0.1) is 17.5 Å². The molecule has 49 valence electrons. The first kappa shape index (κ1) is 6.76. The van der Waals surface area contributed by atoms with Crippen molar-refractivity contribution >= 4 is 0 Å². The van der Waals surface area contributed by atoms with Crippen LogP contribution in [0.1, 0.15) is 18.1 Å². The minimum atomic E-state index is 0.607. The number of rotatable bonds is 1. The molecule has 0 bridgehead atoms. The Morgan fingerprint density at radius 1 is 1.80 bits per heavy atom. The van der Waals surface area contributed by atoms with Gasteiger partial charge in [0.25, 0.3) is 0 Å². The van der Waals surface area contributed by atoms with Gasteiger partial charge in [-0.15, -0.1) is 0 Å². The Morgan fingerprint density at radius 3 is 3.20 bits per heavy atom. The molecule has 0 aromatic carbocycles. The van der Waals surface area contributed by atoms with Crippen LogP contribution < -0.4 is 0 Å². The number of pyridine rings is 1. The average molecular weight is 131 g/mol. The molecule has 0 unspecified atom stereocenters. The van der Waals surface area contributed by atoms with Gasteiger partial charge in [-0.2, -0.15) is 5.26 Å². The van der Waals surface area contributed by atoms with E-state index in [2.05, 4.69) is 11.2 Å². The van der Waals surface area contributed by atoms with Crippen LogP contribution in [-0.4, -0.2) is 4.98 Å². The van der Waals surface area contributed by atoms with Gasteiger partial charge in [-0.1, -0.05) is 6.92 Å². The van der Waals surface area contributed by atoms with Crippen LogP contribution in [0.4, 0.5) is 0 Å². The highest BCUT2D eigenvalue weighted by Gasteiger charge is 1.91. The van der Waals surface area contributed by atoms with E-state index in [9.17, 15) is 0 Å². The number of hydrogen-bond acceptors (Lipinski definition) is 2. The molecule has 1 aromatic rings. The minimum Gasteiger partial charge on any atom is -0.253 e. The van der Waals surface area contributed by atoms with Crippen LogP contribution in [-0.2, 0) is 6.42 Å². The number of nitriles is 1. The Balaban J connectivity index is 3.01. The maximum absolute atomic E-state index is 8.45. The fourth-order valence-electron chi connectivity index (χ4n) is 0.684. The fraction of sp³-hybridized carbons (Fsp3) is 0.250. The molecule has 10 heavy (non-hydrogen) atoms. The SMILES string of the molecule is CCc1[c]ncc(C#N)c1. The molecule has 0 saturated heterocycles. The smallest absolute Gasteiger partial charge is 0.101 e. The second-order valence-corrected chi connectivity index (χ2v) is 1.96. The third kappa shape index (κ3) is 1.32. The summed E-state index contributed by atoms with van der Waals surface area (Å²) < 4.78 is 0. The molecule has 1 aromatic heterocycles. The van der Waals surface area contributed by atoms with Crippen molar-refractivity contribution in [3.63, 3.8) is 0 Å². The molecule has 0 aliphatic rings. The Morgan fingerprint density at radius 2 is 2.60 bits per heavy atom. The maximum Gasteiger partial charge on any atom is 0.101 e. The van der Waals surface area contributed by atoms with E-state index in [1.165, 1.54) is 6.20 Å². The Hall–Kier alpha value is -1.36. The van der Waals surface area contributed by atoms with Crippen molar-refractivity contribution in [2.45, 2.75) is 13.3 Å². The summed E-state index contributed by atoms with van der Waals surface area (Å²) in [4.78, 5) is 3.78. The lowest BCUT2D eigenvalue weighted by Crippen LogP contribution is -1.84. The lowest BCUT2D eigenvalue weighted by molar-refractivity contribution is 1.09. The molecule has 0 N–H and O–H groups in total. The monoisotopic (exact) mass is 131 g/mol. The second kappa shape index (κ2) is 2.98. The van der Waals surface area contributed by atoms with E-state index in [1.807, 2.05) is 13.0 Å². The largest absolute Gasteiger partial charge is 0.253 e. The van der Waals surface area contributed by atoms with Crippen LogP contribution in [0.25, 0.3) is 0 Å². The lowest BCUT2D eigenvalue weighted by Gasteiger charge is -1.91. The van der Waals surface area contributed by atoms with E-state index in [1.54, 1.807) is 6.07 Å². The lowest BCUT2D eigenvalue weighted by atomic mass is 10.2. The Bertz CT molecular complexity index is 260. The van der Waals surface area contributed by atoms with E-state index >= 15 is 0 Å². The maximum atomic E-state index is 8.45. The third-order valence-corrected chi connectivity index (χ3v) is 1.25. The Labute approximate surface area is 60.1 Å². The van der Waals surface area contributed by atoms with Crippen molar-refractivity contribution in [1.82, 2.24) is 4.98 Å². The average Bonchev–Trinajstić information content (AvgIpc) is 2.05. The molecule has 1 radical (unpaired) electrons. The molecule has 0 aliphatic carbocycles. The predicted molar refractivity (Wildman–Crippen MR) is 37.2 cm³/mol. The van der Waals surface area contributed by atoms with Crippen molar-refractivity contribution in [1.29, 1.82) is 5.26 Å². The summed E-state index contributed by atoms with van der Waals surface area (Å²) in [6.45, 7) is 2.01. The molecule has 0 saturated carbocycles. The van der Waals surface area contributed by atoms with Gasteiger partial charge in [0.05, 0.1) is 11.8 Å². The number of hydrogen-bond donors (Lipinski definition) is 0. The molecule has 0 amide bonds. The van der Waals surface area contributed by atoms with Crippen LogP contribution in [0.15, 0.2) is 12.3 Å². The van der Waals surface area contributed by atoms with Gasteiger partial charge in [0, 0.05) is 6.20 Å². The predicted octanol–water partition coefficient (Wildman–Crippen LogP) is 1.32. The highest BCUT2D eigenvalue weighted by atomic mass is 14.6. The zero-order valence-corrected chi connectivity index (χ0v) is 5.76. The van der Waals surface area contributed by atoms with Gasteiger partial charge in [0.15, 0.2) is 0 Å². The van der Waals surface area contributed by atoms with E-state index in [0.29, 0.717) is 5.56 Å². The van der Waals surface area contributed by atoms with E-state index in [0.717, 1.165) is 12.0 Å². The zero-order chi connectivity index (χ0) is 7.40. The van der Waals surface area contributed by atoms with Crippen molar-refractivity contribution < 1.29 is 0 Å². The molecular formula is C8H7N2. The van der Waals surface area contributed by atoms with E-state index in [4.69, 9.17) is 5.26 Å². The normalized spacial score (nSPS) is 8.80. The van der Waals surface area contributed by atoms with Gasteiger partial charge < -0.3 is 0 Å². The van der Waals surface area contributed by atoms with Gasteiger partial charge in [-0.3, -0.25) is 4.98 Å². The molecule has 1 rings (SSSR count). The third-order valence-electron chi connectivity index (χ3n) is 1.25. The van der Waals surface area contributed by atoms with Crippen molar-refractivity contribution in [3.8, 4) is 6.07 Å². The second-order valence-electron chi connectivity index (χ2n) is 1.96. The standard InChI is InChI=1S/C8H7N2/c1-2-7-3-8(4-9)6-10-5-7/h3,6H,2H2,1H3. The fourth-order valence-corrected chi connectivity index (χ4v) is 0.684. The summed E-state index contributed by atoms with van der Waals surface area (Å²) >= 11 is 0. The van der Waals surface area contributed by atoms with E-state index < -0.39 is 0 Å². The summed E-state index contributed by atoms with van der Waals surface area (Å²) in [6, 6.07) is 3.82. The molecule has 2 heteroatoms. The topological polar surface area (TPSA) is 36.7 Å². The molecular weight excluding hydrogens is 124 g/mol. The molecule has 2 nitrogen and oxygen atoms in total. The van der Waals surface area contributed by atoms with Gasteiger partial charge in [-0.05, 0) is 18.1 Å². The van der Waals surface area contributed by atoms with Gasteiger partial charge in [0.1, 0.15) is 6.07 Å². The first-order chi connectivity index (χ1) is 4.86. The molecule has 0 fully saturated rings. The number of nitrogens with zero attached hydrogens (tertiary/aromatic N) is 2. The minimum absolute atomic E-state index is 0.607. The van der Waals surface area contributed by atoms with Gasteiger partial charge >= 0.3 is 0 Å². The number of aromatic nitrogens is 1.